The van der Waals surface area contributed by atoms with Crippen molar-refractivity contribution in [3.63, 3.8) is 0 Å². The highest BCUT2D eigenvalue weighted by Gasteiger charge is 2.42. The van der Waals surface area contributed by atoms with Crippen molar-refractivity contribution in [3.8, 4) is 0 Å². The predicted octanol–water partition coefficient (Wildman–Crippen LogP) is 1.28. The Morgan fingerprint density at radius 3 is 2.47 bits per heavy atom. The molecule has 1 atom stereocenters. The van der Waals surface area contributed by atoms with Crippen LogP contribution in [0, 0.1) is 5.41 Å². The van der Waals surface area contributed by atoms with Crippen LogP contribution in [0.3, 0.4) is 0 Å². The van der Waals surface area contributed by atoms with Gasteiger partial charge in [-0.3, -0.25) is 9.59 Å². The van der Waals surface area contributed by atoms with Crippen LogP contribution >= 0.6 is 0 Å². The van der Waals surface area contributed by atoms with Crippen LogP contribution in [-0.2, 0) is 9.59 Å². The molecule has 1 aliphatic heterocycles. The fraction of sp³-hybridized carbons (Fsp3) is 0.636. The minimum Gasteiger partial charge on any atom is -0.481 e. The van der Waals surface area contributed by atoms with Gasteiger partial charge in [-0.25, -0.2) is 0 Å². The van der Waals surface area contributed by atoms with Crippen LogP contribution in [0.2, 0.25) is 0 Å². The molecule has 0 aliphatic carbocycles. The van der Waals surface area contributed by atoms with Gasteiger partial charge in [0, 0.05) is 18.7 Å². The molecule has 1 rings (SSSR count). The molecule has 4 heteroatoms. The molecule has 1 saturated heterocycles. The Kier molecular flexibility index (Phi) is 3.17. The topological polar surface area (TPSA) is 57.6 Å². The van der Waals surface area contributed by atoms with Crippen molar-refractivity contribution in [3.05, 3.63) is 11.6 Å². The molecule has 1 fully saturated rings. The maximum absolute atomic E-state index is 11.8. The molecule has 4 nitrogen and oxygen atoms in total. The monoisotopic (exact) mass is 211 g/mol. The molecule has 0 spiro atoms. The van der Waals surface area contributed by atoms with Crippen molar-refractivity contribution in [1.82, 2.24) is 4.90 Å². The summed E-state index contributed by atoms with van der Waals surface area (Å²) >= 11 is 0. The van der Waals surface area contributed by atoms with E-state index in [-0.39, 0.29) is 5.91 Å². The highest BCUT2D eigenvalue weighted by atomic mass is 16.4. The molecule has 0 radical (unpaired) electrons. The first-order valence-corrected chi connectivity index (χ1v) is 5.06. The third-order valence-electron chi connectivity index (χ3n) is 3.05. The van der Waals surface area contributed by atoms with Gasteiger partial charge in [0.2, 0.25) is 5.91 Å². The van der Waals surface area contributed by atoms with Crippen molar-refractivity contribution in [2.24, 2.45) is 5.41 Å². The fourth-order valence-electron chi connectivity index (χ4n) is 1.68. The summed E-state index contributed by atoms with van der Waals surface area (Å²) in [6.45, 7) is 6.09. The van der Waals surface area contributed by atoms with Gasteiger partial charge in [-0.05, 0) is 27.2 Å². The lowest BCUT2D eigenvalue weighted by molar-refractivity contribution is -0.147. The molecule has 1 aliphatic rings. The van der Waals surface area contributed by atoms with Gasteiger partial charge < -0.3 is 10.0 Å². The average molecular weight is 211 g/mol. The summed E-state index contributed by atoms with van der Waals surface area (Å²) in [5.74, 6) is -0.876. The van der Waals surface area contributed by atoms with E-state index in [0.29, 0.717) is 25.1 Å². The molecule has 15 heavy (non-hydrogen) atoms. The minimum atomic E-state index is -0.823. The van der Waals surface area contributed by atoms with E-state index in [1.807, 2.05) is 0 Å². The number of likely N-dealkylation sites (tertiary alicyclic amines) is 1. The number of nitrogens with zero attached hydrogens (tertiary/aromatic N) is 1. The molecule has 0 saturated carbocycles. The molecule has 1 heterocycles. The van der Waals surface area contributed by atoms with Gasteiger partial charge in [-0.1, -0.05) is 6.08 Å². The number of allylic oxidation sites excluding steroid dienone is 1. The Balaban J connectivity index is 2.73. The van der Waals surface area contributed by atoms with Crippen LogP contribution in [-0.4, -0.2) is 35.0 Å². The Labute approximate surface area is 89.6 Å². The molecule has 0 aromatic carbocycles. The van der Waals surface area contributed by atoms with Crippen molar-refractivity contribution < 1.29 is 14.7 Å². The third-order valence-corrected chi connectivity index (χ3v) is 3.05. The zero-order valence-electron chi connectivity index (χ0n) is 9.41. The number of carbonyl (C=O) groups excluding carboxylic acids is 1. The zero-order chi connectivity index (χ0) is 11.6. The van der Waals surface area contributed by atoms with Crippen molar-refractivity contribution >= 4 is 11.9 Å². The van der Waals surface area contributed by atoms with Crippen molar-refractivity contribution in [2.75, 3.05) is 13.1 Å². The number of amides is 1. The average Bonchev–Trinajstić information content (AvgIpc) is 2.60. The van der Waals surface area contributed by atoms with Gasteiger partial charge >= 0.3 is 5.97 Å². The lowest BCUT2D eigenvalue weighted by Crippen LogP contribution is -2.35. The summed E-state index contributed by atoms with van der Waals surface area (Å²) in [5, 5.41) is 9.02. The number of hydrogen-bond acceptors (Lipinski definition) is 2. The second kappa shape index (κ2) is 4.04. The SMILES string of the molecule is C/C=C(\C)C(=O)N1CCC(C)(C(=O)O)C1. The van der Waals surface area contributed by atoms with Crippen LogP contribution in [0.1, 0.15) is 27.2 Å². The van der Waals surface area contributed by atoms with Crippen molar-refractivity contribution in [1.29, 1.82) is 0 Å². The predicted molar refractivity (Wildman–Crippen MR) is 56.4 cm³/mol. The van der Waals surface area contributed by atoms with E-state index in [2.05, 4.69) is 0 Å². The second-order valence-corrected chi connectivity index (χ2v) is 4.31. The number of hydrogen-bond donors (Lipinski definition) is 1. The Hall–Kier alpha value is -1.32. The fourth-order valence-corrected chi connectivity index (χ4v) is 1.68. The highest BCUT2D eigenvalue weighted by molar-refractivity contribution is 5.93. The molecule has 1 amide bonds. The number of aliphatic carboxylic acids is 1. The van der Waals surface area contributed by atoms with Crippen molar-refractivity contribution in [2.45, 2.75) is 27.2 Å². The largest absolute Gasteiger partial charge is 0.481 e. The quantitative estimate of drug-likeness (QED) is 0.700. The van der Waals surface area contributed by atoms with Crippen LogP contribution in [0.5, 0.6) is 0 Å². The normalized spacial score (nSPS) is 26.9. The standard InChI is InChI=1S/C11H17NO3/c1-4-8(2)9(13)12-6-5-11(3,7-12)10(14)15/h4H,5-7H2,1-3H3,(H,14,15)/b8-4+. The summed E-state index contributed by atoms with van der Waals surface area (Å²) in [7, 11) is 0. The molecule has 0 aromatic rings. The van der Waals surface area contributed by atoms with E-state index in [0.717, 1.165) is 0 Å². The van der Waals surface area contributed by atoms with E-state index in [9.17, 15) is 9.59 Å². The summed E-state index contributed by atoms with van der Waals surface area (Å²) in [6, 6.07) is 0. The van der Waals surface area contributed by atoms with Crippen LogP contribution in [0.25, 0.3) is 0 Å². The molecule has 0 bridgehead atoms. The van der Waals surface area contributed by atoms with Gasteiger partial charge in [0.1, 0.15) is 0 Å². The molecular weight excluding hydrogens is 194 g/mol. The number of carbonyl (C=O) groups is 2. The van der Waals surface area contributed by atoms with E-state index < -0.39 is 11.4 Å². The van der Waals surface area contributed by atoms with E-state index >= 15 is 0 Å². The second-order valence-electron chi connectivity index (χ2n) is 4.31. The first-order chi connectivity index (χ1) is 6.90. The first kappa shape index (κ1) is 11.8. The molecular formula is C11H17NO3. The molecule has 0 aromatic heterocycles. The van der Waals surface area contributed by atoms with Gasteiger partial charge in [-0.2, -0.15) is 0 Å². The summed E-state index contributed by atoms with van der Waals surface area (Å²) in [4.78, 5) is 24.3. The Bertz CT molecular complexity index is 322. The zero-order valence-corrected chi connectivity index (χ0v) is 9.41. The summed E-state index contributed by atoms with van der Waals surface area (Å²) in [6.07, 6.45) is 2.28. The lowest BCUT2D eigenvalue weighted by atomic mass is 9.90. The van der Waals surface area contributed by atoms with Gasteiger partial charge in [0.15, 0.2) is 0 Å². The van der Waals surface area contributed by atoms with Gasteiger partial charge in [-0.15, -0.1) is 0 Å². The lowest BCUT2D eigenvalue weighted by Gasteiger charge is -2.20. The van der Waals surface area contributed by atoms with Crippen LogP contribution < -0.4 is 0 Å². The Morgan fingerprint density at radius 2 is 2.07 bits per heavy atom. The maximum Gasteiger partial charge on any atom is 0.311 e. The van der Waals surface area contributed by atoms with Crippen LogP contribution in [0.15, 0.2) is 11.6 Å². The van der Waals surface area contributed by atoms with E-state index in [4.69, 9.17) is 5.11 Å². The summed E-state index contributed by atoms with van der Waals surface area (Å²) in [5.41, 5.74) is -0.103. The van der Waals surface area contributed by atoms with E-state index in [1.54, 1.807) is 31.7 Å². The molecule has 84 valence electrons. The first-order valence-electron chi connectivity index (χ1n) is 5.06. The third kappa shape index (κ3) is 2.19. The number of carboxylic acids is 1. The maximum atomic E-state index is 11.8. The van der Waals surface area contributed by atoms with Gasteiger partial charge in [0.05, 0.1) is 5.41 Å². The van der Waals surface area contributed by atoms with Crippen LogP contribution in [0.4, 0.5) is 0 Å². The van der Waals surface area contributed by atoms with Gasteiger partial charge in [0.25, 0.3) is 0 Å². The summed E-state index contributed by atoms with van der Waals surface area (Å²) < 4.78 is 0. The number of rotatable bonds is 2. The smallest absolute Gasteiger partial charge is 0.311 e. The molecule has 1 unspecified atom stereocenters. The highest BCUT2D eigenvalue weighted by Crippen LogP contribution is 2.30. The molecule has 1 N–H and O–H groups in total. The van der Waals surface area contributed by atoms with E-state index in [1.165, 1.54) is 0 Å². The number of carboxylic acid groups (broad SMARTS) is 1. The minimum absolute atomic E-state index is 0.0533. The Morgan fingerprint density at radius 1 is 1.47 bits per heavy atom.